The molecule has 0 saturated heterocycles. The van der Waals surface area contributed by atoms with Gasteiger partial charge in [0, 0.05) is 20.2 Å². The Labute approximate surface area is 137 Å². The summed E-state index contributed by atoms with van der Waals surface area (Å²) in [5, 5.41) is 2.87. The second kappa shape index (κ2) is 7.05. The molecule has 1 N–H and O–H groups in total. The summed E-state index contributed by atoms with van der Waals surface area (Å²) < 4.78 is 0. The number of nitrogens with zero attached hydrogens (tertiary/aromatic N) is 3. The number of carbonyl (C=O) groups excluding carboxylic acids is 1. The van der Waals surface area contributed by atoms with Crippen LogP contribution in [0, 0.1) is 20.8 Å². The smallest absolute Gasteiger partial charge is 0.248 e. The molecule has 1 aromatic heterocycles. The van der Waals surface area contributed by atoms with Gasteiger partial charge in [0.25, 0.3) is 0 Å². The van der Waals surface area contributed by atoms with Crippen LogP contribution in [0.15, 0.2) is 30.3 Å². The van der Waals surface area contributed by atoms with Crippen molar-refractivity contribution >= 4 is 23.6 Å². The zero-order valence-electron chi connectivity index (χ0n) is 14.2. The van der Waals surface area contributed by atoms with Crippen molar-refractivity contribution in [2.75, 3.05) is 24.3 Å². The van der Waals surface area contributed by atoms with Crippen LogP contribution in [0.25, 0.3) is 6.08 Å². The molecule has 0 atom stereocenters. The number of amides is 1. The van der Waals surface area contributed by atoms with Gasteiger partial charge in [0.2, 0.25) is 11.9 Å². The molecule has 0 saturated carbocycles. The molecular weight excluding hydrogens is 288 g/mol. The highest BCUT2D eigenvalue weighted by Gasteiger charge is 2.11. The molecule has 0 spiro atoms. The Morgan fingerprint density at radius 1 is 1.09 bits per heavy atom. The van der Waals surface area contributed by atoms with E-state index >= 15 is 0 Å². The quantitative estimate of drug-likeness (QED) is 0.882. The molecule has 0 aliphatic rings. The predicted octanol–water partition coefficient (Wildman–Crippen LogP) is 3.12. The summed E-state index contributed by atoms with van der Waals surface area (Å²) in [6, 6.07) is 7.92. The van der Waals surface area contributed by atoms with Crippen LogP contribution in [0.1, 0.15) is 22.5 Å². The van der Waals surface area contributed by atoms with Crippen LogP contribution < -0.4 is 10.2 Å². The number of rotatable bonds is 4. The number of hydrogen-bond donors (Lipinski definition) is 1. The largest absolute Gasteiger partial charge is 0.347 e. The molecule has 0 radical (unpaired) electrons. The van der Waals surface area contributed by atoms with E-state index in [1.165, 1.54) is 6.08 Å². The van der Waals surface area contributed by atoms with Gasteiger partial charge in [-0.1, -0.05) is 24.3 Å². The Bertz CT molecular complexity index is 727. The molecular formula is C18H22N4O. The van der Waals surface area contributed by atoms with E-state index < -0.39 is 0 Å². The summed E-state index contributed by atoms with van der Waals surface area (Å²) in [6.07, 6.45) is 3.34. The molecule has 0 bridgehead atoms. The second-order valence-corrected chi connectivity index (χ2v) is 5.64. The van der Waals surface area contributed by atoms with Crippen molar-refractivity contribution in [3.8, 4) is 0 Å². The van der Waals surface area contributed by atoms with E-state index in [1.54, 1.807) is 0 Å². The van der Waals surface area contributed by atoms with Crippen molar-refractivity contribution in [3.05, 3.63) is 52.9 Å². The minimum absolute atomic E-state index is 0.194. The molecule has 1 amide bonds. The molecule has 120 valence electrons. The Kier molecular flexibility index (Phi) is 5.11. The zero-order valence-corrected chi connectivity index (χ0v) is 14.2. The van der Waals surface area contributed by atoms with Gasteiger partial charge in [0.1, 0.15) is 0 Å². The lowest BCUT2D eigenvalue weighted by Crippen LogP contribution is -2.17. The molecule has 5 nitrogen and oxygen atoms in total. The van der Waals surface area contributed by atoms with E-state index in [0.717, 1.165) is 22.5 Å². The lowest BCUT2D eigenvalue weighted by atomic mass is 10.1. The standard InChI is InChI=1S/C18H22N4O/c1-12-8-6-7-9-15(12)10-11-16(23)21-17-13(2)19-18(22(4)5)20-14(17)3/h6-11H,1-5H3,(H,21,23)/b11-10+. The first kappa shape index (κ1) is 16.7. The summed E-state index contributed by atoms with van der Waals surface area (Å²) in [6.45, 7) is 5.74. The highest BCUT2D eigenvalue weighted by atomic mass is 16.1. The van der Waals surface area contributed by atoms with Crippen molar-refractivity contribution in [1.29, 1.82) is 0 Å². The third-order valence-electron chi connectivity index (χ3n) is 3.51. The van der Waals surface area contributed by atoms with Gasteiger partial charge in [0.05, 0.1) is 17.1 Å². The van der Waals surface area contributed by atoms with E-state index in [1.807, 2.05) is 70.1 Å². The SMILES string of the molecule is Cc1ccccc1/C=C/C(=O)Nc1c(C)nc(N(C)C)nc1C. The summed E-state index contributed by atoms with van der Waals surface area (Å²) in [4.78, 5) is 22.8. The molecule has 1 heterocycles. The van der Waals surface area contributed by atoms with Gasteiger partial charge in [-0.3, -0.25) is 4.79 Å². The average molecular weight is 310 g/mol. The van der Waals surface area contributed by atoms with Crippen molar-refractivity contribution in [2.24, 2.45) is 0 Å². The third-order valence-corrected chi connectivity index (χ3v) is 3.51. The highest BCUT2D eigenvalue weighted by Crippen LogP contribution is 2.19. The Hall–Kier alpha value is -2.69. The highest BCUT2D eigenvalue weighted by molar-refractivity contribution is 6.02. The number of anilines is 2. The Morgan fingerprint density at radius 2 is 1.70 bits per heavy atom. The van der Waals surface area contributed by atoms with Gasteiger partial charge in [-0.15, -0.1) is 0 Å². The lowest BCUT2D eigenvalue weighted by Gasteiger charge is -2.15. The minimum Gasteiger partial charge on any atom is -0.347 e. The summed E-state index contributed by atoms with van der Waals surface area (Å²) in [5.74, 6) is 0.439. The van der Waals surface area contributed by atoms with Crippen molar-refractivity contribution in [3.63, 3.8) is 0 Å². The van der Waals surface area contributed by atoms with Crippen molar-refractivity contribution in [2.45, 2.75) is 20.8 Å². The van der Waals surface area contributed by atoms with Crippen LogP contribution in [0.3, 0.4) is 0 Å². The van der Waals surface area contributed by atoms with Gasteiger partial charge in [-0.2, -0.15) is 0 Å². The van der Waals surface area contributed by atoms with E-state index in [0.29, 0.717) is 11.6 Å². The van der Waals surface area contributed by atoms with Crippen molar-refractivity contribution in [1.82, 2.24) is 9.97 Å². The fraction of sp³-hybridized carbons (Fsp3) is 0.278. The van der Waals surface area contributed by atoms with Gasteiger partial charge in [0.15, 0.2) is 0 Å². The monoisotopic (exact) mass is 310 g/mol. The van der Waals surface area contributed by atoms with E-state index in [4.69, 9.17) is 0 Å². The molecule has 1 aromatic carbocycles. The lowest BCUT2D eigenvalue weighted by molar-refractivity contribution is -0.111. The fourth-order valence-electron chi connectivity index (χ4n) is 2.18. The first-order valence-corrected chi connectivity index (χ1v) is 7.45. The zero-order chi connectivity index (χ0) is 17.0. The van der Waals surface area contributed by atoms with E-state index in [9.17, 15) is 4.79 Å². The van der Waals surface area contributed by atoms with E-state index in [2.05, 4.69) is 15.3 Å². The van der Waals surface area contributed by atoms with Gasteiger partial charge in [-0.25, -0.2) is 9.97 Å². The summed E-state index contributed by atoms with van der Waals surface area (Å²) >= 11 is 0. The molecule has 2 aromatic rings. The maximum absolute atomic E-state index is 12.2. The molecule has 5 heteroatoms. The number of nitrogens with one attached hydrogen (secondary N) is 1. The van der Waals surface area contributed by atoms with Crippen molar-refractivity contribution < 1.29 is 4.79 Å². The number of aromatic nitrogens is 2. The summed E-state index contributed by atoms with van der Waals surface area (Å²) in [5.41, 5.74) is 4.31. The first-order valence-electron chi connectivity index (χ1n) is 7.45. The number of benzene rings is 1. The summed E-state index contributed by atoms with van der Waals surface area (Å²) in [7, 11) is 3.77. The maximum atomic E-state index is 12.2. The molecule has 0 aliphatic heterocycles. The van der Waals surface area contributed by atoms with Crippen LogP contribution in [0.4, 0.5) is 11.6 Å². The number of aryl methyl sites for hydroxylation is 3. The van der Waals surface area contributed by atoms with Gasteiger partial charge < -0.3 is 10.2 Å². The minimum atomic E-state index is -0.194. The number of carbonyl (C=O) groups is 1. The van der Waals surface area contributed by atoms with Crippen LogP contribution in [-0.4, -0.2) is 30.0 Å². The molecule has 23 heavy (non-hydrogen) atoms. The molecule has 0 unspecified atom stereocenters. The van der Waals surface area contributed by atoms with Crippen LogP contribution >= 0.6 is 0 Å². The normalized spacial score (nSPS) is 10.8. The fourth-order valence-corrected chi connectivity index (χ4v) is 2.18. The van der Waals surface area contributed by atoms with Crippen LogP contribution in [0.2, 0.25) is 0 Å². The number of hydrogen-bond acceptors (Lipinski definition) is 4. The van der Waals surface area contributed by atoms with Gasteiger partial charge in [-0.05, 0) is 38.0 Å². The topological polar surface area (TPSA) is 58.1 Å². The predicted molar refractivity (Wildman–Crippen MR) is 94.7 cm³/mol. The van der Waals surface area contributed by atoms with Crippen LogP contribution in [0.5, 0.6) is 0 Å². The first-order chi connectivity index (χ1) is 10.9. The van der Waals surface area contributed by atoms with E-state index in [-0.39, 0.29) is 5.91 Å². The molecule has 2 rings (SSSR count). The van der Waals surface area contributed by atoms with Crippen LogP contribution in [-0.2, 0) is 4.79 Å². The third kappa shape index (κ3) is 4.16. The second-order valence-electron chi connectivity index (χ2n) is 5.64. The van der Waals surface area contributed by atoms with Gasteiger partial charge >= 0.3 is 0 Å². The Balaban J connectivity index is 2.16. The molecule has 0 aliphatic carbocycles. The maximum Gasteiger partial charge on any atom is 0.248 e. The Morgan fingerprint density at radius 3 is 2.26 bits per heavy atom. The average Bonchev–Trinajstić information content (AvgIpc) is 2.49. The molecule has 0 fully saturated rings.